The average Bonchev–Trinajstić information content (AvgIpc) is 2.92. The molecule has 1 saturated carbocycles. The zero-order chi connectivity index (χ0) is 15.7. The van der Waals surface area contributed by atoms with Crippen molar-refractivity contribution in [1.29, 1.82) is 0 Å². The highest BCUT2D eigenvalue weighted by atomic mass is 32.2. The van der Waals surface area contributed by atoms with Gasteiger partial charge in [0.15, 0.2) is 0 Å². The zero-order valence-electron chi connectivity index (χ0n) is 12.6. The van der Waals surface area contributed by atoms with Gasteiger partial charge in [-0.3, -0.25) is 0 Å². The highest BCUT2D eigenvalue weighted by molar-refractivity contribution is 7.89. The number of nitrogens with two attached hydrogens (primary N) is 1. The summed E-state index contributed by atoms with van der Waals surface area (Å²) in [4.78, 5) is 0.0307. The summed E-state index contributed by atoms with van der Waals surface area (Å²) >= 11 is 0. The van der Waals surface area contributed by atoms with Crippen LogP contribution in [0.3, 0.4) is 0 Å². The van der Waals surface area contributed by atoms with E-state index in [9.17, 15) is 12.8 Å². The number of nitrogens with one attached hydrogen (secondary N) is 1. The van der Waals surface area contributed by atoms with E-state index in [-0.39, 0.29) is 21.6 Å². The molecule has 0 aliphatic heterocycles. The maximum atomic E-state index is 13.5. The van der Waals surface area contributed by atoms with Crippen LogP contribution in [0.25, 0.3) is 0 Å². The standard InChI is InChI=1S/C15H23FN2O2S/c1-3-15(6-4-5-7-15)10-18-21(19,20)12-8-11(2)14(16)13(17)9-12/h8-9,18H,3-7,10,17H2,1-2H3. The SMILES string of the molecule is CCC1(CNS(=O)(=O)c2cc(C)c(F)c(N)c2)CCCC1. The van der Waals surface area contributed by atoms with Crippen LogP contribution in [-0.4, -0.2) is 15.0 Å². The Bertz CT molecular complexity index is 600. The van der Waals surface area contributed by atoms with E-state index in [0.29, 0.717) is 6.54 Å². The number of sulfonamides is 1. The van der Waals surface area contributed by atoms with Crippen molar-refractivity contribution in [1.82, 2.24) is 4.72 Å². The van der Waals surface area contributed by atoms with Crippen molar-refractivity contribution in [3.63, 3.8) is 0 Å². The second-order valence-electron chi connectivity index (χ2n) is 6.03. The molecular weight excluding hydrogens is 291 g/mol. The lowest BCUT2D eigenvalue weighted by Crippen LogP contribution is -2.35. The summed E-state index contributed by atoms with van der Waals surface area (Å²) in [6.07, 6.45) is 5.36. The lowest BCUT2D eigenvalue weighted by Gasteiger charge is -2.27. The third-order valence-corrected chi connectivity index (χ3v) is 6.00. The van der Waals surface area contributed by atoms with Gasteiger partial charge in [0.2, 0.25) is 10.0 Å². The minimum absolute atomic E-state index is 0.0307. The number of anilines is 1. The molecule has 118 valence electrons. The number of rotatable bonds is 5. The van der Waals surface area contributed by atoms with Crippen molar-refractivity contribution in [2.75, 3.05) is 12.3 Å². The van der Waals surface area contributed by atoms with Crippen molar-refractivity contribution in [3.8, 4) is 0 Å². The van der Waals surface area contributed by atoms with Crippen LogP contribution in [0.1, 0.15) is 44.6 Å². The Morgan fingerprint density at radius 2 is 1.95 bits per heavy atom. The molecule has 1 fully saturated rings. The van der Waals surface area contributed by atoms with Gasteiger partial charge in [0, 0.05) is 6.54 Å². The number of hydrogen-bond donors (Lipinski definition) is 2. The highest BCUT2D eigenvalue weighted by Crippen LogP contribution is 2.40. The zero-order valence-corrected chi connectivity index (χ0v) is 13.4. The van der Waals surface area contributed by atoms with Gasteiger partial charge in [0.1, 0.15) is 5.82 Å². The fourth-order valence-corrected chi connectivity index (χ4v) is 4.31. The molecule has 3 N–H and O–H groups in total. The van der Waals surface area contributed by atoms with Crippen LogP contribution in [0.2, 0.25) is 0 Å². The molecule has 21 heavy (non-hydrogen) atoms. The van der Waals surface area contributed by atoms with E-state index in [1.165, 1.54) is 19.1 Å². The van der Waals surface area contributed by atoms with Gasteiger partial charge in [-0.15, -0.1) is 0 Å². The minimum Gasteiger partial charge on any atom is -0.396 e. The van der Waals surface area contributed by atoms with Crippen LogP contribution >= 0.6 is 0 Å². The van der Waals surface area contributed by atoms with Gasteiger partial charge in [-0.05, 0) is 49.3 Å². The van der Waals surface area contributed by atoms with Crippen LogP contribution in [0, 0.1) is 18.2 Å². The summed E-state index contributed by atoms with van der Waals surface area (Å²) in [6.45, 7) is 4.04. The van der Waals surface area contributed by atoms with Crippen LogP contribution in [0.15, 0.2) is 17.0 Å². The molecule has 0 aromatic heterocycles. The lowest BCUT2D eigenvalue weighted by atomic mass is 9.84. The predicted octanol–water partition coefficient (Wildman–Crippen LogP) is 2.97. The molecule has 1 aromatic carbocycles. The molecule has 0 spiro atoms. The van der Waals surface area contributed by atoms with Gasteiger partial charge in [0.25, 0.3) is 0 Å². The Hall–Kier alpha value is -1.14. The number of halogens is 1. The molecule has 1 aliphatic rings. The summed E-state index contributed by atoms with van der Waals surface area (Å²) in [7, 11) is -3.65. The molecule has 1 aliphatic carbocycles. The number of benzene rings is 1. The molecule has 4 nitrogen and oxygen atoms in total. The van der Waals surface area contributed by atoms with E-state index < -0.39 is 15.8 Å². The van der Waals surface area contributed by atoms with Crippen LogP contribution in [0.5, 0.6) is 0 Å². The Labute approximate surface area is 126 Å². The Balaban J connectivity index is 2.19. The van der Waals surface area contributed by atoms with E-state index in [4.69, 9.17) is 5.73 Å². The summed E-state index contributed by atoms with van der Waals surface area (Å²) in [5.74, 6) is -0.560. The van der Waals surface area contributed by atoms with Gasteiger partial charge in [0.05, 0.1) is 10.6 Å². The molecule has 0 heterocycles. The molecule has 0 saturated heterocycles. The summed E-state index contributed by atoms with van der Waals surface area (Å²) in [5, 5.41) is 0. The molecule has 2 rings (SSSR count). The molecular formula is C15H23FN2O2S. The molecule has 1 aromatic rings. The first-order chi connectivity index (χ1) is 9.80. The third kappa shape index (κ3) is 3.37. The Morgan fingerprint density at radius 3 is 2.48 bits per heavy atom. The number of hydrogen-bond acceptors (Lipinski definition) is 3. The fraction of sp³-hybridized carbons (Fsp3) is 0.600. The molecule has 0 radical (unpaired) electrons. The molecule has 0 bridgehead atoms. The van der Waals surface area contributed by atoms with Gasteiger partial charge >= 0.3 is 0 Å². The number of nitrogen functional groups attached to an aromatic ring is 1. The average molecular weight is 314 g/mol. The van der Waals surface area contributed by atoms with E-state index in [2.05, 4.69) is 11.6 Å². The van der Waals surface area contributed by atoms with Crippen molar-refractivity contribution >= 4 is 15.7 Å². The monoisotopic (exact) mass is 314 g/mol. The number of aryl methyl sites for hydroxylation is 1. The largest absolute Gasteiger partial charge is 0.396 e. The second kappa shape index (κ2) is 5.93. The first-order valence-corrected chi connectivity index (χ1v) is 8.83. The molecule has 0 amide bonds. The maximum Gasteiger partial charge on any atom is 0.240 e. The Kier molecular flexibility index (Phi) is 4.58. The lowest BCUT2D eigenvalue weighted by molar-refractivity contribution is 0.285. The van der Waals surface area contributed by atoms with Crippen LogP contribution < -0.4 is 10.5 Å². The van der Waals surface area contributed by atoms with Crippen molar-refractivity contribution in [3.05, 3.63) is 23.5 Å². The van der Waals surface area contributed by atoms with E-state index in [1.807, 2.05) is 0 Å². The molecule has 0 atom stereocenters. The Morgan fingerprint density at radius 1 is 1.33 bits per heavy atom. The topological polar surface area (TPSA) is 72.2 Å². The third-order valence-electron chi connectivity index (χ3n) is 4.62. The van der Waals surface area contributed by atoms with Gasteiger partial charge in [-0.1, -0.05) is 19.8 Å². The fourth-order valence-electron chi connectivity index (χ4n) is 3.03. The first kappa shape index (κ1) is 16.2. The maximum absolute atomic E-state index is 13.5. The summed E-state index contributed by atoms with van der Waals surface area (Å²) in [5.41, 5.74) is 5.68. The highest BCUT2D eigenvalue weighted by Gasteiger charge is 2.33. The molecule has 6 heteroatoms. The summed E-state index contributed by atoms with van der Waals surface area (Å²) in [6, 6.07) is 2.50. The normalized spacial score (nSPS) is 18.0. The van der Waals surface area contributed by atoms with Crippen LogP contribution in [0.4, 0.5) is 10.1 Å². The predicted molar refractivity (Wildman–Crippen MR) is 81.9 cm³/mol. The minimum atomic E-state index is -3.65. The smallest absolute Gasteiger partial charge is 0.240 e. The van der Waals surface area contributed by atoms with Crippen molar-refractivity contribution in [2.24, 2.45) is 5.41 Å². The summed E-state index contributed by atoms with van der Waals surface area (Å²) < 4.78 is 40.9. The van der Waals surface area contributed by atoms with Gasteiger partial charge < -0.3 is 5.73 Å². The van der Waals surface area contributed by atoms with Crippen molar-refractivity contribution < 1.29 is 12.8 Å². The van der Waals surface area contributed by atoms with E-state index >= 15 is 0 Å². The second-order valence-corrected chi connectivity index (χ2v) is 7.80. The quantitative estimate of drug-likeness (QED) is 0.821. The van der Waals surface area contributed by atoms with E-state index in [1.54, 1.807) is 0 Å². The molecule has 0 unspecified atom stereocenters. The van der Waals surface area contributed by atoms with Gasteiger partial charge in [-0.2, -0.15) is 0 Å². The van der Waals surface area contributed by atoms with Crippen LogP contribution in [-0.2, 0) is 10.0 Å². The van der Waals surface area contributed by atoms with Crippen molar-refractivity contribution in [2.45, 2.75) is 50.8 Å². The van der Waals surface area contributed by atoms with Gasteiger partial charge in [-0.25, -0.2) is 17.5 Å². The van der Waals surface area contributed by atoms with E-state index in [0.717, 1.165) is 32.1 Å². The first-order valence-electron chi connectivity index (χ1n) is 7.35.